The number of aromatic nitrogens is 1. The number of carboxylic acid groups (broad SMARTS) is 1. The molecule has 4 heteroatoms. The number of carbonyl (C=O) groups is 1. The minimum Gasteiger partial charge on any atom is -0.478 e. The van der Waals surface area contributed by atoms with Crippen LogP contribution in [0, 0.1) is 12.3 Å². The summed E-state index contributed by atoms with van der Waals surface area (Å²) >= 11 is 3.25. The van der Waals surface area contributed by atoms with Gasteiger partial charge in [0.05, 0.1) is 10.2 Å². The number of nitrogens with zero attached hydrogens (tertiary/aromatic N) is 1. The van der Waals surface area contributed by atoms with Crippen molar-refractivity contribution in [3.63, 3.8) is 0 Å². The van der Waals surface area contributed by atoms with Crippen LogP contribution in [0.15, 0.2) is 16.9 Å². The molecule has 0 spiro atoms. The molecule has 1 aromatic heterocycles. The van der Waals surface area contributed by atoms with Gasteiger partial charge in [-0.1, -0.05) is 0 Å². The number of terminal acetylenes is 1. The first-order valence-corrected chi connectivity index (χ1v) is 4.47. The van der Waals surface area contributed by atoms with Crippen molar-refractivity contribution in [3.05, 3.63) is 22.4 Å². The van der Waals surface area contributed by atoms with Crippen molar-refractivity contribution in [3.8, 4) is 12.3 Å². The Labute approximate surface area is 84.5 Å². The van der Waals surface area contributed by atoms with Gasteiger partial charge in [-0.3, -0.25) is 0 Å². The largest absolute Gasteiger partial charge is 0.478 e. The number of aromatic carboxylic acids is 1. The number of carboxylic acids is 1. The Bertz CT molecular complexity index is 362. The summed E-state index contributed by atoms with van der Waals surface area (Å²) in [6, 6.07) is 1.55. The van der Waals surface area contributed by atoms with E-state index < -0.39 is 5.97 Å². The Hall–Kier alpha value is -1.21. The number of hydrogen-bond donors (Lipinski definition) is 1. The van der Waals surface area contributed by atoms with Gasteiger partial charge in [0.15, 0.2) is 0 Å². The van der Waals surface area contributed by atoms with Crippen molar-refractivity contribution in [2.24, 2.45) is 0 Å². The predicted molar refractivity (Wildman–Crippen MR) is 52.5 cm³/mol. The average molecular weight is 242 g/mol. The Kier molecular flexibility index (Phi) is 3.15. The maximum absolute atomic E-state index is 10.6. The number of rotatable bonds is 3. The summed E-state index contributed by atoms with van der Waals surface area (Å²) in [5, 5.41) is 8.67. The third-order valence-corrected chi connectivity index (χ3v) is 2.27. The summed E-state index contributed by atoms with van der Waals surface area (Å²) in [6.45, 7) is 0.629. The van der Waals surface area contributed by atoms with Crippen LogP contribution in [0.5, 0.6) is 0 Å². The zero-order valence-corrected chi connectivity index (χ0v) is 8.41. The molecule has 0 amide bonds. The van der Waals surface area contributed by atoms with Gasteiger partial charge in [0.2, 0.25) is 0 Å². The molecule has 0 fully saturated rings. The van der Waals surface area contributed by atoms with Crippen molar-refractivity contribution >= 4 is 21.9 Å². The molecule has 1 N–H and O–H groups in total. The topological polar surface area (TPSA) is 42.2 Å². The fraction of sp³-hybridized carbons (Fsp3) is 0.222. The van der Waals surface area contributed by atoms with Gasteiger partial charge in [0, 0.05) is 19.2 Å². The van der Waals surface area contributed by atoms with Crippen LogP contribution >= 0.6 is 15.9 Å². The molecule has 68 valence electrons. The zero-order chi connectivity index (χ0) is 9.84. The fourth-order valence-electron chi connectivity index (χ4n) is 0.951. The van der Waals surface area contributed by atoms with Crippen molar-refractivity contribution in [1.29, 1.82) is 0 Å². The zero-order valence-electron chi connectivity index (χ0n) is 6.83. The van der Waals surface area contributed by atoms with E-state index in [4.69, 9.17) is 11.5 Å². The third-order valence-electron chi connectivity index (χ3n) is 1.59. The van der Waals surface area contributed by atoms with Crippen LogP contribution < -0.4 is 0 Å². The second kappa shape index (κ2) is 4.15. The lowest BCUT2D eigenvalue weighted by atomic mass is 10.3. The molecule has 1 aromatic rings. The van der Waals surface area contributed by atoms with Crippen LogP contribution in [0.2, 0.25) is 0 Å². The molecule has 0 aromatic carbocycles. The van der Waals surface area contributed by atoms with E-state index >= 15 is 0 Å². The lowest BCUT2D eigenvalue weighted by Crippen LogP contribution is -1.96. The minimum atomic E-state index is -0.930. The number of halogens is 1. The average Bonchev–Trinajstić information content (AvgIpc) is 2.44. The van der Waals surface area contributed by atoms with E-state index in [2.05, 4.69) is 21.9 Å². The first-order chi connectivity index (χ1) is 6.15. The maximum atomic E-state index is 10.6. The predicted octanol–water partition coefficient (Wildman–Crippen LogP) is 1.97. The van der Waals surface area contributed by atoms with E-state index in [1.807, 2.05) is 0 Å². The van der Waals surface area contributed by atoms with Crippen LogP contribution in [0.1, 0.15) is 16.8 Å². The minimum absolute atomic E-state index is 0.267. The molecule has 3 nitrogen and oxygen atoms in total. The lowest BCUT2D eigenvalue weighted by Gasteiger charge is -1.99. The molecule has 1 rings (SSSR count). The summed E-state index contributed by atoms with van der Waals surface area (Å²) in [5.74, 6) is 1.56. The highest BCUT2D eigenvalue weighted by molar-refractivity contribution is 9.10. The van der Waals surface area contributed by atoms with Crippen molar-refractivity contribution < 1.29 is 9.90 Å². The van der Waals surface area contributed by atoms with Gasteiger partial charge in [0.25, 0.3) is 0 Å². The fourth-order valence-corrected chi connectivity index (χ4v) is 1.48. The summed E-state index contributed by atoms with van der Waals surface area (Å²) in [6.07, 6.45) is 7.25. The summed E-state index contributed by atoms with van der Waals surface area (Å²) < 4.78 is 2.50. The van der Waals surface area contributed by atoms with E-state index in [-0.39, 0.29) is 5.56 Å². The molecule has 0 aliphatic heterocycles. The Morgan fingerprint density at radius 3 is 2.92 bits per heavy atom. The second-order valence-corrected chi connectivity index (χ2v) is 3.32. The first kappa shape index (κ1) is 9.87. The Balaban J connectivity index is 2.85. The van der Waals surface area contributed by atoms with Crippen LogP contribution in [-0.4, -0.2) is 15.6 Å². The molecular weight excluding hydrogens is 234 g/mol. The summed E-state index contributed by atoms with van der Waals surface area (Å²) in [4.78, 5) is 10.6. The van der Waals surface area contributed by atoms with E-state index in [9.17, 15) is 4.79 Å². The summed E-state index contributed by atoms with van der Waals surface area (Å²) in [5.41, 5.74) is 0.267. The van der Waals surface area contributed by atoms with Crippen molar-refractivity contribution in [2.45, 2.75) is 13.0 Å². The highest BCUT2D eigenvalue weighted by Gasteiger charge is 2.08. The standard InChI is InChI=1S/C9H8BrNO2/c1-2-3-4-11-6-7(9(12)13)5-8(11)10/h1,5-6H,3-4H2,(H,12,13). The molecule has 0 atom stereocenters. The molecule has 0 aliphatic rings. The van der Waals surface area contributed by atoms with Gasteiger partial charge in [-0.15, -0.1) is 12.3 Å². The van der Waals surface area contributed by atoms with Gasteiger partial charge < -0.3 is 9.67 Å². The number of hydrogen-bond acceptors (Lipinski definition) is 1. The first-order valence-electron chi connectivity index (χ1n) is 3.67. The van der Waals surface area contributed by atoms with Crippen LogP contribution in [0.4, 0.5) is 0 Å². The molecule has 0 aliphatic carbocycles. The van der Waals surface area contributed by atoms with E-state index in [1.165, 1.54) is 0 Å². The van der Waals surface area contributed by atoms with Crippen molar-refractivity contribution in [1.82, 2.24) is 4.57 Å². The summed E-state index contributed by atoms with van der Waals surface area (Å²) in [7, 11) is 0. The number of aryl methyl sites for hydroxylation is 1. The van der Waals surface area contributed by atoms with E-state index in [0.717, 1.165) is 4.60 Å². The molecule has 0 bridgehead atoms. The molecule has 0 saturated heterocycles. The lowest BCUT2D eigenvalue weighted by molar-refractivity contribution is 0.0697. The molecule has 1 heterocycles. The Morgan fingerprint density at radius 1 is 1.77 bits per heavy atom. The second-order valence-electron chi connectivity index (χ2n) is 2.50. The third kappa shape index (κ3) is 2.36. The molecule has 0 radical (unpaired) electrons. The van der Waals surface area contributed by atoms with E-state index in [0.29, 0.717) is 13.0 Å². The quantitative estimate of drug-likeness (QED) is 0.823. The molecule has 13 heavy (non-hydrogen) atoms. The van der Waals surface area contributed by atoms with Gasteiger partial charge in [0.1, 0.15) is 0 Å². The highest BCUT2D eigenvalue weighted by Crippen LogP contribution is 2.15. The maximum Gasteiger partial charge on any atom is 0.337 e. The van der Waals surface area contributed by atoms with Crippen LogP contribution in [-0.2, 0) is 6.54 Å². The monoisotopic (exact) mass is 241 g/mol. The SMILES string of the molecule is C#CCCn1cc(C(=O)O)cc1Br. The van der Waals surface area contributed by atoms with Gasteiger partial charge in [-0.2, -0.15) is 0 Å². The van der Waals surface area contributed by atoms with Crippen LogP contribution in [0.3, 0.4) is 0 Å². The normalized spacial score (nSPS) is 9.54. The van der Waals surface area contributed by atoms with Gasteiger partial charge in [-0.25, -0.2) is 4.79 Å². The van der Waals surface area contributed by atoms with Gasteiger partial charge >= 0.3 is 5.97 Å². The van der Waals surface area contributed by atoms with Crippen LogP contribution in [0.25, 0.3) is 0 Å². The molecule has 0 unspecified atom stereocenters. The smallest absolute Gasteiger partial charge is 0.337 e. The Morgan fingerprint density at radius 2 is 2.46 bits per heavy atom. The molecule has 0 saturated carbocycles. The van der Waals surface area contributed by atoms with E-state index in [1.54, 1.807) is 16.8 Å². The highest BCUT2D eigenvalue weighted by atomic mass is 79.9. The van der Waals surface area contributed by atoms with Gasteiger partial charge in [-0.05, 0) is 22.0 Å². The van der Waals surface area contributed by atoms with Crippen molar-refractivity contribution in [2.75, 3.05) is 0 Å². The molecular formula is C9H8BrNO2.